The first-order chi connectivity index (χ1) is 8.86. The van der Waals surface area contributed by atoms with E-state index < -0.39 is 0 Å². The van der Waals surface area contributed by atoms with Gasteiger partial charge in [0.05, 0.1) is 6.04 Å². The van der Waals surface area contributed by atoms with Gasteiger partial charge in [0.1, 0.15) is 0 Å². The maximum absolute atomic E-state index is 12.6. The number of carbonyl (C=O) groups is 1. The molecule has 2 atom stereocenters. The molecule has 1 aliphatic carbocycles. The van der Waals surface area contributed by atoms with E-state index in [0.717, 1.165) is 25.4 Å². The van der Waals surface area contributed by atoms with Crippen LogP contribution in [0.1, 0.15) is 57.8 Å². The van der Waals surface area contributed by atoms with Crippen LogP contribution < -0.4 is 5.32 Å². The molecule has 18 heavy (non-hydrogen) atoms. The summed E-state index contributed by atoms with van der Waals surface area (Å²) >= 11 is 0. The van der Waals surface area contributed by atoms with Gasteiger partial charge in [-0.25, -0.2) is 0 Å². The maximum atomic E-state index is 12.6. The maximum Gasteiger partial charge on any atom is 0.239 e. The Labute approximate surface area is 110 Å². The number of nitrogens with zero attached hydrogens (tertiary/aromatic N) is 1. The summed E-state index contributed by atoms with van der Waals surface area (Å²) in [6.07, 6.45) is 11.4. The molecule has 0 radical (unpaired) electrons. The topological polar surface area (TPSA) is 32.3 Å². The van der Waals surface area contributed by atoms with Gasteiger partial charge < -0.3 is 10.2 Å². The fourth-order valence-electron chi connectivity index (χ4n) is 4.16. The minimum Gasteiger partial charge on any atom is -0.338 e. The van der Waals surface area contributed by atoms with E-state index in [1.165, 1.54) is 51.4 Å². The van der Waals surface area contributed by atoms with Crippen molar-refractivity contribution in [2.24, 2.45) is 5.92 Å². The zero-order valence-corrected chi connectivity index (χ0v) is 11.4. The van der Waals surface area contributed by atoms with Gasteiger partial charge in [-0.15, -0.1) is 0 Å². The first-order valence-corrected chi connectivity index (χ1v) is 7.90. The zero-order valence-electron chi connectivity index (χ0n) is 11.4. The van der Waals surface area contributed by atoms with Gasteiger partial charge in [0.25, 0.3) is 0 Å². The van der Waals surface area contributed by atoms with Gasteiger partial charge in [0, 0.05) is 12.6 Å². The largest absolute Gasteiger partial charge is 0.338 e. The van der Waals surface area contributed by atoms with E-state index in [9.17, 15) is 4.79 Å². The molecule has 102 valence electrons. The number of amides is 1. The highest BCUT2D eigenvalue weighted by Gasteiger charge is 2.38. The summed E-state index contributed by atoms with van der Waals surface area (Å²) in [6, 6.07) is 0.699. The summed E-state index contributed by atoms with van der Waals surface area (Å²) in [5.41, 5.74) is 0. The van der Waals surface area contributed by atoms with Crippen LogP contribution in [0, 0.1) is 5.92 Å². The molecule has 0 aromatic heterocycles. The average Bonchev–Trinajstić information content (AvgIpc) is 3.09. The highest BCUT2D eigenvalue weighted by atomic mass is 16.2. The number of nitrogens with one attached hydrogen (secondary N) is 1. The summed E-state index contributed by atoms with van der Waals surface area (Å²) in [5.74, 6) is 1.21. The molecule has 0 bridgehead atoms. The Hall–Kier alpha value is -0.570. The van der Waals surface area contributed by atoms with Crippen LogP contribution >= 0.6 is 0 Å². The van der Waals surface area contributed by atoms with Crippen molar-refractivity contribution in [2.75, 3.05) is 13.1 Å². The Kier molecular flexibility index (Phi) is 3.88. The number of piperidine rings is 1. The third kappa shape index (κ3) is 2.42. The van der Waals surface area contributed by atoms with Crippen LogP contribution in [0.25, 0.3) is 0 Å². The summed E-state index contributed by atoms with van der Waals surface area (Å²) in [5, 5.41) is 3.42. The number of likely N-dealkylation sites (tertiary alicyclic amines) is 1. The standard InChI is InChI=1S/C15H26N2O/c18-15(13-8-3-4-10-16-13)17-11-5-9-14(17)12-6-1-2-7-12/h12-14,16H,1-11H2/t13-,14?/m1/s1. The van der Waals surface area contributed by atoms with Crippen molar-refractivity contribution >= 4 is 5.91 Å². The van der Waals surface area contributed by atoms with E-state index >= 15 is 0 Å². The summed E-state index contributed by atoms with van der Waals surface area (Å²) in [6.45, 7) is 2.04. The molecular weight excluding hydrogens is 224 g/mol. The lowest BCUT2D eigenvalue weighted by molar-refractivity contribution is -0.135. The van der Waals surface area contributed by atoms with Crippen LogP contribution in [0.3, 0.4) is 0 Å². The molecule has 3 aliphatic rings. The fraction of sp³-hybridized carbons (Fsp3) is 0.933. The van der Waals surface area contributed by atoms with Gasteiger partial charge in [-0.05, 0) is 51.0 Å². The van der Waals surface area contributed by atoms with Gasteiger partial charge in [0.15, 0.2) is 0 Å². The van der Waals surface area contributed by atoms with Crippen LogP contribution in [0.2, 0.25) is 0 Å². The number of hydrogen-bond acceptors (Lipinski definition) is 2. The molecule has 3 heteroatoms. The first-order valence-electron chi connectivity index (χ1n) is 7.90. The molecule has 2 saturated heterocycles. The Bertz CT molecular complexity index is 293. The van der Waals surface area contributed by atoms with Gasteiger partial charge >= 0.3 is 0 Å². The van der Waals surface area contributed by atoms with Crippen molar-refractivity contribution in [1.29, 1.82) is 0 Å². The second-order valence-corrected chi connectivity index (χ2v) is 6.29. The monoisotopic (exact) mass is 250 g/mol. The zero-order chi connectivity index (χ0) is 12.4. The van der Waals surface area contributed by atoms with E-state index in [1.807, 2.05) is 0 Å². The summed E-state index contributed by atoms with van der Waals surface area (Å²) in [4.78, 5) is 14.9. The van der Waals surface area contributed by atoms with Crippen molar-refractivity contribution < 1.29 is 4.79 Å². The van der Waals surface area contributed by atoms with E-state index in [2.05, 4.69) is 10.2 Å². The molecule has 1 amide bonds. The van der Waals surface area contributed by atoms with E-state index in [1.54, 1.807) is 0 Å². The molecule has 3 nitrogen and oxygen atoms in total. The van der Waals surface area contributed by atoms with Gasteiger partial charge in [0.2, 0.25) is 5.91 Å². The van der Waals surface area contributed by atoms with Gasteiger partial charge in [-0.2, -0.15) is 0 Å². The Balaban J connectivity index is 1.63. The number of hydrogen-bond donors (Lipinski definition) is 1. The van der Waals surface area contributed by atoms with Crippen LogP contribution in [0.4, 0.5) is 0 Å². The minimum atomic E-state index is 0.126. The smallest absolute Gasteiger partial charge is 0.239 e. The van der Waals surface area contributed by atoms with Gasteiger partial charge in [-0.3, -0.25) is 4.79 Å². The van der Waals surface area contributed by atoms with E-state index in [0.29, 0.717) is 11.9 Å². The number of carbonyl (C=O) groups excluding carboxylic acids is 1. The number of rotatable bonds is 2. The summed E-state index contributed by atoms with van der Waals surface area (Å²) < 4.78 is 0. The van der Waals surface area contributed by atoms with E-state index in [-0.39, 0.29) is 6.04 Å². The molecular formula is C15H26N2O. The second-order valence-electron chi connectivity index (χ2n) is 6.29. The highest BCUT2D eigenvalue weighted by Crippen LogP contribution is 2.35. The molecule has 0 spiro atoms. The lowest BCUT2D eigenvalue weighted by Crippen LogP contribution is -2.51. The van der Waals surface area contributed by atoms with Crippen molar-refractivity contribution in [1.82, 2.24) is 10.2 Å². The highest BCUT2D eigenvalue weighted by molar-refractivity contribution is 5.82. The molecule has 1 N–H and O–H groups in total. The molecule has 1 saturated carbocycles. The lowest BCUT2D eigenvalue weighted by atomic mass is 9.95. The van der Waals surface area contributed by atoms with Crippen LogP contribution in [0.15, 0.2) is 0 Å². The second kappa shape index (κ2) is 5.60. The van der Waals surface area contributed by atoms with Gasteiger partial charge in [-0.1, -0.05) is 19.3 Å². The summed E-state index contributed by atoms with van der Waals surface area (Å²) in [7, 11) is 0. The quantitative estimate of drug-likeness (QED) is 0.815. The van der Waals surface area contributed by atoms with E-state index in [4.69, 9.17) is 0 Å². The Morgan fingerprint density at radius 1 is 0.944 bits per heavy atom. The third-order valence-corrected chi connectivity index (χ3v) is 5.13. The third-order valence-electron chi connectivity index (χ3n) is 5.13. The molecule has 0 aromatic rings. The predicted molar refractivity (Wildman–Crippen MR) is 72.3 cm³/mol. The molecule has 3 fully saturated rings. The minimum absolute atomic E-state index is 0.126. The first kappa shape index (κ1) is 12.5. The van der Waals surface area contributed by atoms with Crippen molar-refractivity contribution in [3.63, 3.8) is 0 Å². The Morgan fingerprint density at radius 3 is 2.44 bits per heavy atom. The molecule has 1 unspecified atom stereocenters. The molecule has 2 heterocycles. The average molecular weight is 250 g/mol. The molecule has 0 aromatic carbocycles. The lowest BCUT2D eigenvalue weighted by Gasteiger charge is -2.34. The van der Waals surface area contributed by atoms with Crippen molar-refractivity contribution in [3.8, 4) is 0 Å². The predicted octanol–water partition coefficient (Wildman–Crippen LogP) is 2.31. The fourth-order valence-corrected chi connectivity index (χ4v) is 4.16. The van der Waals surface area contributed by atoms with Crippen LogP contribution in [0.5, 0.6) is 0 Å². The normalized spacial score (nSPS) is 34.1. The Morgan fingerprint density at radius 2 is 1.72 bits per heavy atom. The molecule has 2 aliphatic heterocycles. The van der Waals surface area contributed by atoms with Crippen molar-refractivity contribution in [3.05, 3.63) is 0 Å². The van der Waals surface area contributed by atoms with Crippen LogP contribution in [-0.2, 0) is 4.79 Å². The van der Waals surface area contributed by atoms with Crippen molar-refractivity contribution in [2.45, 2.75) is 69.9 Å². The van der Waals surface area contributed by atoms with Crippen LogP contribution in [-0.4, -0.2) is 36.0 Å². The molecule has 3 rings (SSSR count). The SMILES string of the molecule is O=C([C@H]1CCCCN1)N1CCCC1C1CCCC1.